The molecule has 0 bridgehead atoms. The maximum Gasteiger partial charge on any atom is 0.411 e. The number of amides is 2. The van der Waals surface area contributed by atoms with Crippen LogP contribution in [0, 0.1) is 10.8 Å². The Hall–Kier alpha value is -3.12. The van der Waals surface area contributed by atoms with Crippen LogP contribution >= 0.6 is 0 Å². The molecule has 46 heavy (non-hydrogen) atoms. The topological polar surface area (TPSA) is 130 Å². The number of nitrogens with zero attached hydrogens (tertiary/aromatic N) is 2. The molecule has 0 N–H and O–H groups in total. The first-order valence-electron chi connectivity index (χ1n) is 15.0. The molecule has 266 valence electrons. The lowest BCUT2D eigenvalue weighted by Crippen LogP contribution is -2.60. The van der Waals surface area contributed by atoms with Crippen LogP contribution in [0.4, 0.5) is 9.59 Å². The molecule has 2 amide bonds. The first kappa shape index (κ1) is 42.9. The number of carbonyl (C=O) groups is 4. The summed E-state index contributed by atoms with van der Waals surface area (Å²) < 4.78 is 31.9. The Morgan fingerprint density at radius 3 is 1.63 bits per heavy atom. The molecule has 0 saturated carbocycles. The van der Waals surface area contributed by atoms with E-state index in [4.69, 9.17) is 28.4 Å². The highest BCUT2D eigenvalue weighted by Crippen LogP contribution is 2.50. The quantitative estimate of drug-likeness (QED) is 0.180. The van der Waals surface area contributed by atoms with Crippen molar-refractivity contribution in [2.45, 2.75) is 118 Å². The molecule has 0 aliphatic carbocycles. The minimum absolute atomic E-state index is 0. The van der Waals surface area contributed by atoms with E-state index in [-0.39, 0.29) is 32.7 Å². The second-order valence-corrected chi connectivity index (χ2v) is 14.1. The van der Waals surface area contributed by atoms with Crippen molar-refractivity contribution < 1.29 is 47.6 Å². The van der Waals surface area contributed by atoms with Gasteiger partial charge in [0.1, 0.15) is 22.8 Å². The Kier molecular flexibility index (Phi) is 15.0. The fraction of sp³-hybridized carbons (Fsp3) is 0.765. The highest BCUT2D eigenvalue weighted by molar-refractivity contribution is 5.88. The summed E-state index contributed by atoms with van der Waals surface area (Å²) in [4.78, 5) is 52.8. The van der Waals surface area contributed by atoms with E-state index in [2.05, 4.69) is 13.2 Å². The number of carbonyl (C=O) groups excluding carboxylic acids is 4. The highest BCUT2D eigenvalue weighted by Gasteiger charge is 2.66. The summed E-state index contributed by atoms with van der Waals surface area (Å²) in [6.45, 7) is 24.3. The minimum atomic E-state index is -1.21. The Morgan fingerprint density at radius 2 is 1.24 bits per heavy atom. The van der Waals surface area contributed by atoms with Gasteiger partial charge in [-0.3, -0.25) is 9.80 Å². The fourth-order valence-corrected chi connectivity index (χ4v) is 6.18. The maximum absolute atomic E-state index is 12.7. The lowest BCUT2D eigenvalue weighted by atomic mass is 9.68. The minimum Gasteiger partial charge on any atom is -0.467 e. The van der Waals surface area contributed by atoms with Gasteiger partial charge >= 0.3 is 24.1 Å². The van der Waals surface area contributed by atoms with Crippen molar-refractivity contribution in [3.8, 4) is 0 Å². The van der Waals surface area contributed by atoms with Gasteiger partial charge < -0.3 is 28.4 Å². The van der Waals surface area contributed by atoms with Gasteiger partial charge in [0.05, 0.1) is 39.5 Å². The smallest absolute Gasteiger partial charge is 0.411 e. The number of hydrogen-bond donors (Lipinski definition) is 0. The number of ether oxygens (including phenoxy) is 6. The Balaban J connectivity index is 0.000000862. The van der Waals surface area contributed by atoms with Crippen LogP contribution in [0.1, 0.15) is 82.6 Å². The SMILES string of the molecule is C.C=CC[C@]1(C)[C@@H](OC)CN(C(=O)OC(C)(C)C)[C@@H]1C(=O)OC.C=CC[C@]1(C)[C@@H](OC)CN(C(=O)OC(C)(C)C)[C@]1(C)C(=O)OC. The molecule has 2 saturated heterocycles. The molecule has 12 heteroatoms. The Morgan fingerprint density at radius 1 is 0.761 bits per heavy atom. The molecule has 2 aliphatic rings. The summed E-state index contributed by atoms with van der Waals surface area (Å²) in [6, 6.07) is -0.768. The van der Waals surface area contributed by atoms with Gasteiger partial charge in [-0.2, -0.15) is 0 Å². The summed E-state index contributed by atoms with van der Waals surface area (Å²) in [5.41, 5.74) is -3.79. The van der Waals surface area contributed by atoms with Gasteiger partial charge in [-0.05, 0) is 61.3 Å². The average Bonchev–Trinajstić information content (AvgIpc) is 3.34. The standard InChI is InChI=1S/C17H29NO5.C16H27NO5.CH4/c1-9-10-16(5)12(21-7)11-18(14(20)23-15(2,3)4)17(16,6)13(19)22-8;1-8-9-16(5)11(20-6)10-17(12(16)13(18)21-7)14(19)22-15(2,3)4;/h9,12H,1,10-11H2,2-8H3;8,11-12H,1,9-10H2,2-7H3;1H4/t12-,16+,17+;11-,12+,16+;/m00./s1. The van der Waals surface area contributed by atoms with Gasteiger partial charge in [0.25, 0.3) is 0 Å². The van der Waals surface area contributed by atoms with E-state index in [1.54, 1.807) is 74.8 Å². The van der Waals surface area contributed by atoms with Crippen molar-refractivity contribution in [2.75, 3.05) is 41.5 Å². The number of hydrogen-bond acceptors (Lipinski definition) is 10. The molecule has 12 nitrogen and oxygen atoms in total. The predicted octanol–water partition coefficient (Wildman–Crippen LogP) is 5.78. The average molecular weight is 657 g/mol. The molecule has 0 radical (unpaired) electrons. The van der Waals surface area contributed by atoms with Crippen LogP contribution in [0.3, 0.4) is 0 Å². The molecule has 0 aromatic heterocycles. The molecular formula is C34H60N2O10. The number of likely N-dealkylation sites (tertiary alicyclic amines) is 2. The van der Waals surface area contributed by atoms with Crippen LogP contribution in [0.25, 0.3) is 0 Å². The zero-order chi connectivity index (χ0) is 35.2. The second kappa shape index (κ2) is 16.1. The monoisotopic (exact) mass is 656 g/mol. The fourth-order valence-electron chi connectivity index (χ4n) is 6.18. The first-order chi connectivity index (χ1) is 20.6. The first-order valence-corrected chi connectivity index (χ1v) is 15.0. The third-order valence-electron chi connectivity index (χ3n) is 8.72. The summed E-state index contributed by atoms with van der Waals surface area (Å²) in [5.74, 6) is -0.970. The summed E-state index contributed by atoms with van der Waals surface area (Å²) in [5, 5.41) is 0. The van der Waals surface area contributed by atoms with Crippen molar-refractivity contribution in [1.82, 2.24) is 9.80 Å². The van der Waals surface area contributed by atoms with Crippen LogP contribution in [0.2, 0.25) is 0 Å². The van der Waals surface area contributed by atoms with Gasteiger partial charge in [-0.1, -0.05) is 33.4 Å². The van der Waals surface area contributed by atoms with Crippen LogP contribution in [0.5, 0.6) is 0 Å². The maximum atomic E-state index is 12.7. The lowest BCUT2D eigenvalue weighted by molar-refractivity contribution is -0.159. The Bertz CT molecular complexity index is 1100. The van der Waals surface area contributed by atoms with E-state index in [0.717, 1.165) is 0 Å². The van der Waals surface area contributed by atoms with Crippen LogP contribution < -0.4 is 0 Å². The third kappa shape index (κ3) is 8.82. The van der Waals surface area contributed by atoms with Crippen LogP contribution in [-0.4, -0.2) is 110 Å². The second-order valence-electron chi connectivity index (χ2n) is 14.1. The van der Waals surface area contributed by atoms with Crippen molar-refractivity contribution in [3.05, 3.63) is 25.3 Å². The third-order valence-corrected chi connectivity index (χ3v) is 8.72. The van der Waals surface area contributed by atoms with Crippen molar-refractivity contribution >= 4 is 24.1 Å². The summed E-state index contributed by atoms with van der Waals surface area (Å²) in [6.07, 6.45) is 2.73. The molecule has 0 spiro atoms. The Labute approximate surface area is 276 Å². The van der Waals surface area contributed by atoms with E-state index < -0.39 is 57.7 Å². The summed E-state index contributed by atoms with van der Waals surface area (Å²) >= 11 is 0. The van der Waals surface area contributed by atoms with E-state index in [0.29, 0.717) is 12.8 Å². The molecule has 2 aliphatic heterocycles. The molecule has 0 aromatic carbocycles. The molecule has 0 unspecified atom stereocenters. The highest BCUT2D eigenvalue weighted by atomic mass is 16.6. The molecule has 2 rings (SSSR count). The van der Waals surface area contributed by atoms with E-state index in [1.165, 1.54) is 24.0 Å². The molecule has 6 atom stereocenters. The number of esters is 2. The van der Waals surface area contributed by atoms with Gasteiger partial charge in [-0.15, -0.1) is 13.2 Å². The van der Waals surface area contributed by atoms with Crippen LogP contribution in [-0.2, 0) is 38.0 Å². The molecule has 0 aromatic rings. The summed E-state index contributed by atoms with van der Waals surface area (Å²) in [7, 11) is 5.76. The molecule has 2 heterocycles. The zero-order valence-corrected chi connectivity index (χ0v) is 29.6. The van der Waals surface area contributed by atoms with E-state index in [1.807, 2.05) is 13.8 Å². The van der Waals surface area contributed by atoms with E-state index in [9.17, 15) is 19.2 Å². The number of rotatable bonds is 8. The van der Waals surface area contributed by atoms with E-state index >= 15 is 0 Å². The number of methoxy groups -OCH3 is 4. The van der Waals surface area contributed by atoms with Crippen molar-refractivity contribution in [3.63, 3.8) is 0 Å². The molecule has 2 fully saturated rings. The van der Waals surface area contributed by atoms with Crippen molar-refractivity contribution in [1.29, 1.82) is 0 Å². The predicted molar refractivity (Wildman–Crippen MR) is 176 cm³/mol. The van der Waals surface area contributed by atoms with Crippen molar-refractivity contribution in [2.24, 2.45) is 10.8 Å². The van der Waals surface area contributed by atoms with Gasteiger partial charge in [0, 0.05) is 25.0 Å². The van der Waals surface area contributed by atoms with Gasteiger partial charge in [0.15, 0.2) is 0 Å². The zero-order valence-electron chi connectivity index (χ0n) is 29.6. The largest absolute Gasteiger partial charge is 0.467 e. The normalized spacial score (nSPS) is 29.0. The van der Waals surface area contributed by atoms with Gasteiger partial charge in [-0.25, -0.2) is 19.2 Å². The number of allylic oxidation sites excluding steroid dienone is 2. The lowest BCUT2D eigenvalue weighted by Gasteiger charge is -2.43. The molecular weight excluding hydrogens is 596 g/mol. The van der Waals surface area contributed by atoms with Crippen LogP contribution in [0.15, 0.2) is 25.3 Å². The van der Waals surface area contributed by atoms with Gasteiger partial charge in [0.2, 0.25) is 0 Å².